The Hall–Kier alpha value is -1.01. The summed E-state index contributed by atoms with van der Waals surface area (Å²) in [6.45, 7) is 0.176. The van der Waals surface area contributed by atoms with Crippen LogP contribution in [0, 0.1) is 13.0 Å². The SMILES string of the molecule is NC(=S)N/N=C\c1cc(I)c(OCc2ccccc2F)c(I)c1. The van der Waals surface area contributed by atoms with Crippen molar-refractivity contribution in [1.29, 1.82) is 0 Å². The summed E-state index contributed by atoms with van der Waals surface area (Å²) in [5.41, 5.74) is 9.20. The summed E-state index contributed by atoms with van der Waals surface area (Å²) in [6.07, 6.45) is 1.62. The van der Waals surface area contributed by atoms with Gasteiger partial charge in [0.1, 0.15) is 18.2 Å². The summed E-state index contributed by atoms with van der Waals surface area (Å²) in [5, 5.41) is 4.03. The van der Waals surface area contributed by atoms with Gasteiger partial charge in [-0.1, -0.05) is 18.2 Å². The van der Waals surface area contributed by atoms with E-state index in [0.29, 0.717) is 11.3 Å². The molecule has 4 nitrogen and oxygen atoms in total. The Morgan fingerprint density at radius 1 is 1.30 bits per heavy atom. The van der Waals surface area contributed by atoms with Crippen LogP contribution >= 0.6 is 57.4 Å². The molecule has 120 valence electrons. The Bertz CT molecular complexity index is 732. The third-order valence-electron chi connectivity index (χ3n) is 2.74. The molecule has 0 aliphatic heterocycles. The Kier molecular flexibility index (Phi) is 6.96. The van der Waals surface area contributed by atoms with Gasteiger partial charge < -0.3 is 10.5 Å². The summed E-state index contributed by atoms with van der Waals surface area (Å²) in [7, 11) is 0. The van der Waals surface area contributed by atoms with Gasteiger partial charge in [-0.2, -0.15) is 5.10 Å². The average molecular weight is 555 g/mol. The van der Waals surface area contributed by atoms with Crippen LogP contribution in [0.25, 0.3) is 0 Å². The Morgan fingerprint density at radius 3 is 2.57 bits per heavy atom. The van der Waals surface area contributed by atoms with Gasteiger partial charge in [-0.15, -0.1) is 0 Å². The molecule has 0 unspecified atom stereocenters. The lowest BCUT2D eigenvalue weighted by molar-refractivity contribution is 0.295. The molecule has 0 aromatic heterocycles. The molecule has 0 spiro atoms. The second-order valence-corrected chi connectivity index (χ2v) is 7.19. The highest BCUT2D eigenvalue weighted by molar-refractivity contribution is 14.1. The molecule has 0 aliphatic carbocycles. The second kappa shape index (κ2) is 8.73. The highest BCUT2D eigenvalue weighted by atomic mass is 127. The minimum absolute atomic E-state index is 0.107. The number of halogens is 3. The van der Waals surface area contributed by atoms with Crippen LogP contribution in [-0.4, -0.2) is 11.3 Å². The monoisotopic (exact) mass is 555 g/mol. The van der Waals surface area contributed by atoms with Gasteiger partial charge in [-0.25, -0.2) is 4.39 Å². The molecule has 3 N–H and O–H groups in total. The molecule has 0 aliphatic rings. The normalized spacial score (nSPS) is 10.7. The fraction of sp³-hybridized carbons (Fsp3) is 0.0667. The van der Waals surface area contributed by atoms with Crippen LogP contribution in [0.15, 0.2) is 41.5 Å². The van der Waals surface area contributed by atoms with E-state index < -0.39 is 0 Å². The lowest BCUT2D eigenvalue weighted by atomic mass is 10.2. The number of benzene rings is 2. The van der Waals surface area contributed by atoms with Crippen molar-refractivity contribution in [2.45, 2.75) is 6.61 Å². The first-order valence-corrected chi connectivity index (χ1v) is 8.97. The molecular formula is C15H12FI2N3OS. The number of nitrogens with one attached hydrogen (secondary N) is 1. The molecule has 0 fully saturated rings. The van der Waals surface area contributed by atoms with E-state index in [9.17, 15) is 4.39 Å². The number of hydrogen-bond acceptors (Lipinski definition) is 3. The first-order chi connectivity index (χ1) is 11.0. The van der Waals surface area contributed by atoms with Crippen LogP contribution in [0.4, 0.5) is 4.39 Å². The van der Waals surface area contributed by atoms with Gasteiger partial charge in [-0.3, -0.25) is 5.43 Å². The number of hydrogen-bond donors (Lipinski definition) is 2. The molecule has 2 aromatic carbocycles. The largest absolute Gasteiger partial charge is 0.487 e. The fourth-order valence-electron chi connectivity index (χ4n) is 1.73. The van der Waals surface area contributed by atoms with E-state index in [1.54, 1.807) is 24.4 Å². The van der Waals surface area contributed by atoms with Crippen molar-refractivity contribution in [3.63, 3.8) is 0 Å². The summed E-state index contributed by atoms with van der Waals surface area (Å²) < 4.78 is 21.2. The van der Waals surface area contributed by atoms with Crippen molar-refractivity contribution in [2.24, 2.45) is 10.8 Å². The zero-order valence-corrected chi connectivity index (χ0v) is 16.9. The molecule has 0 radical (unpaired) electrons. The topological polar surface area (TPSA) is 59.6 Å². The Labute approximate surface area is 166 Å². The molecule has 0 bridgehead atoms. The second-order valence-electron chi connectivity index (χ2n) is 4.43. The molecule has 0 saturated heterocycles. The fourth-order valence-corrected chi connectivity index (χ4v) is 3.91. The quantitative estimate of drug-likeness (QED) is 0.256. The van der Waals surface area contributed by atoms with Gasteiger partial charge in [0, 0.05) is 5.56 Å². The van der Waals surface area contributed by atoms with Crippen molar-refractivity contribution in [1.82, 2.24) is 5.43 Å². The zero-order chi connectivity index (χ0) is 16.8. The van der Waals surface area contributed by atoms with Gasteiger partial charge in [0.05, 0.1) is 13.4 Å². The lowest BCUT2D eigenvalue weighted by Gasteiger charge is -2.12. The Morgan fingerprint density at radius 2 is 1.96 bits per heavy atom. The van der Waals surface area contributed by atoms with Gasteiger partial charge in [0.25, 0.3) is 0 Å². The van der Waals surface area contributed by atoms with Crippen LogP contribution in [-0.2, 0) is 6.61 Å². The van der Waals surface area contributed by atoms with E-state index in [1.807, 2.05) is 12.1 Å². The first kappa shape index (κ1) is 18.3. The molecule has 2 aromatic rings. The Balaban J connectivity index is 2.13. The number of rotatable bonds is 5. The summed E-state index contributed by atoms with van der Waals surface area (Å²) in [5.74, 6) is 0.444. The maximum absolute atomic E-state index is 13.6. The molecule has 0 amide bonds. The van der Waals surface area contributed by atoms with Crippen molar-refractivity contribution in [2.75, 3.05) is 0 Å². The first-order valence-electron chi connectivity index (χ1n) is 6.41. The predicted molar refractivity (Wildman–Crippen MR) is 110 cm³/mol. The van der Waals surface area contributed by atoms with Crippen LogP contribution in [0.1, 0.15) is 11.1 Å². The van der Waals surface area contributed by atoms with Crippen LogP contribution < -0.4 is 15.9 Å². The molecular weight excluding hydrogens is 543 g/mol. The summed E-state index contributed by atoms with van der Waals surface area (Å²) in [4.78, 5) is 0. The number of ether oxygens (including phenoxy) is 1. The van der Waals surface area contributed by atoms with Gasteiger partial charge in [0.15, 0.2) is 5.11 Å². The standard InChI is InChI=1S/C15H12FI2N3OS/c16-11-4-2-1-3-10(11)8-22-14-12(17)5-9(6-13(14)18)7-20-21-15(19)23/h1-7H,8H2,(H3,19,21,23)/b20-7-. The van der Waals surface area contributed by atoms with Crippen LogP contribution in [0.5, 0.6) is 5.75 Å². The summed E-state index contributed by atoms with van der Waals surface area (Å²) >= 11 is 9.02. The number of nitrogens with two attached hydrogens (primary N) is 1. The van der Waals surface area contributed by atoms with Crippen LogP contribution in [0.2, 0.25) is 0 Å². The number of thiocarbonyl (C=S) groups is 1. The number of hydrazone groups is 1. The van der Waals surface area contributed by atoms with E-state index >= 15 is 0 Å². The van der Waals surface area contributed by atoms with Crippen LogP contribution in [0.3, 0.4) is 0 Å². The molecule has 23 heavy (non-hydrogen) atoms. The predicted octanol–water partition coefficient (Wildman–Crippen LogP) is 3.78. The minimum atomic E-state index is -0.273. The van der Waals surface area contributed by atoms with Gasteiger partial charge in [-0.05, 0) is 81.2 Å². The van der Waals surface area contributed by atoms with Crippen molar-refractivity contribution < 1.29 is 9.13 Å². The third kappa shape index (κ3) is 5.53. The van der Waals surface area contributed by atoms with Gasteiger partial charge in [0.2, 0.25) is 0 Å². The highest BCUT2D eigenvalue weighted by Gasteiger charge is 2.10. The molecule has 0 heterocycles. The van der Waals surface area contributed by atoms with Crippen molar-refractivity contribution in [3.8, 4) is 5.75 Å². The maximum Gasteiger partial charge on any atom is 0.184 e. The van der Waals surface area contributed by atoms with Gasteiger partial charge >= 0.3 is 0 Å². The van der Waals surface area contributed by atoms with E-state index in [1.165, 1.54) is 6.07 Å². The molecule has 0 saturated carbocycles. The number of nitrogens with zero attached hydrogens (tertiary/aromatic N) is 1. The molecule has 2 rings (SSSR count). The lowest BCUT2D eigenvalue weighted by Crippen LogP contribution is -2.24. The zero-order valence-electron chi connectivity index (χ0n) is 11.7. The summed E-state index contributed by atoms with van der Waals surface area (Å²) in [6, 6.07) is 10.4. The van der Waals surface area contributed by atoms with Crippen molar-refractivity contribution >= 4 is 68.7 Å². The van der Waals surface area contributed by atoms with E-state index in [-0.39, 0.29) is 17.5 Å². The maximum atomic E-state index is 13.6. The smallest absolute Gasteiger partial charge is 0.184 e. The molecule has 8 heteroatoms. The highest BCUT2D eigenvalue weighted by Crippen LogP contribution is 2.29. The van der Waals surface area contributed by atoms with E-state index in [0.717, 1.165) is 12.7 Å². The third-order valence-corrected chi connectivity index (χ3v) is 4.43. The average Bonchev–Trinajstić information content (AvgIpc) is 2.48. The van der Waals surface area contributed by atoms with E-state index in [4.69, 9.17) is 10.5 Å². The molecule has 0 atom stereocenters. The van der Waals surface area contributed by atoms with E-state index in [2.05, 4.69) is 67.9 Å². The minimum Gasteiger partial charge on any atom is -0.487 e. The van der Waals surface area contributed by atoms with Crippen molar-refractivity contribution in [3.05, 3.63) is 60.5 Å².